The lowest BCUT2D eigenvalue weighted by Crippen LogP contribution is -2.04. The molecule has 6 nitrogen and oxygen atoms in total. The molecule has 3 aromatic heterocycles. The van der Waals surface area contributed by atoms with Crippen molar-refractivity contribution in [3.63, 3.8) is 0 Å². The highest BCUT2D eigenvalue weighted by molar-refractivity contribution is 7.16. The van der Waals surface area contributed by atoms with Crippen LogP contribution in [0.1, 0.15) is 49.6 Å². The van der Waals surface area contributed by atoms with Crippen molar-refractivity contribution in [3.8, 4) is 16.2 Å². The molecule has 0 saturated carbocycles. The summed E-state index contributed by atoms with van der Waals surface area (Å²) in [5.41, 5.74) is 0.485. The van der Waals surface area contributed by atoms with E-state index >= 15 is 0 Å². The third-order valence-corrected chi connectivity index (χ3v) is 7.52. The number of hydrogen-bond donors (Lipinski definition) is 1. The first-order valence-electron chi connectivity index (χ1n) is 10.7. The Morgan fingerprint density at radius 1 is 1.06 bits per heavy atom. The zero-order valence-corrected chi connectivity index (χ0v) is 20.5. The van der Waals surface area contributed by atoms with Gasteiger partial charge in [-0.05, 0) is 36.8 Å². The van der Waals surface area contributed by atoms with Crippen LogP contribution in [0.5, 0.6) is 5.75 Å². The lowest BCUT2D eigenvalue weighted by atomic mass is 10.1. The standard InChI is InChI=1S/C25H19F3N2O4S2/c1-14(18-13-35-24(23(18)33)15-2-4-16(5-3-15)25(26,27)28)29-12-20(32)22-9-8-21(36-22)19(31)7-6-17-10-11-30-34-17/h2-5,8-11,13,33H,6-7,12H2,1H3. The van der Waals surface area contributed by atoms with Crippen molar-refractivity contribution in [2.45, 2.75) is 25.9 Å². The molecule has 0 aliphatic rings. The van der Waals surface area contributed by atoms with Gasteiger partial charge in [-0.3, -0.25) is 14.6 Å². The number of Topliss-reactive ketones (excluding diaryl/α,β-unsaturated/α-hetero) is 2. The number of rotatable bonds is 9. The van der Waals surface area contributed by atoms with Crippen LogP contribution in [0.4, 0.5) is 13.2 Å². The summed E-state index contributed by atoms with van der Waals surface area (Å²) in [5, 5.41) is 15.9. The summed E-state index contributed by atoms with van der Waals surface area (Å²) in [6, 6.07) is 9.41. The van der Waals surface area contributed by atoms with Gasteiger partial charge in [0, 0.05) is 35.6 Å². The summed E-state index contributed by atoms with van der Waals surface area (Å²) in [6.45, 7) is 1.46. The summed E-state index contributed by atoms with van der Waals surface area (Å²) in [5.74, 6) is 0.129. The molecule has 36 heavy (non-hydrogen) atoms. The molecule has 0 bridgehead atoms. The Bertz CT molecular complexity index is 1400. The Morgan fingerprint density at radius 3 is 2.39 bits per heavy atom. The quantitative estimate of drug-likeness (QED) is 0.191. The molecule has 0 radical (unpaired) electrons. The number of hydrogen-bond acceptors (Lipinski definition) is 8. The molecule has 0 fully saturated rings. The molecule has 0 aliphatic heterocycles. The monoisotopic (exact) mass is 532 g/mol. The van der Waals surface area contributed by atoms with Gasteiger partial charge in [0.25, 0.3) is 0 Å². The largest absolute Gasteiger partial charge is 0.506 e. The average Bonchev–Trinajstić information content (AvgIpc) is 3.61. The van der Waals surface area contributed by atoms with Crippen molar-refractivity contribution in [3.05, 3.63) is 80.7 Å². The van der Waals surface area contributed by atoms with Gasteiger partial charge in [-0.1, -0.05) is 17.3 Å². The number of halogens is 3. The third kappa shape index (κ3) is 5.80. The van der Waals surface area contributed by atoms with Crippen molar-refractivity contribution in [1.29, 1.82) is 0 Å². The zero-order valence-electron chi connectivity index (χ0n) is 18.8. The first-order chi connectivity index (χ1) is 17.1. The van der Waals surface area contributed by atoms with Crippen molar-refractivity contribution >= 4 is 40.0 Å². The van der Waals surface area contributed by atoms with Gasteiger partial charge in [0.15, 0.2) is 11.6 Å². The Morgan fingerprint density at radius 2 is 1.75 bits per heavy atom. The molecule has 3 heterocycles. The van der Waals surface area contributed by atoms with Crippen LogP contribution in [0.3, 0.4) is 0 Å². The summed E-state index contributed by atoms with van der Waals surface area (Å²) >= 11 is 2.27. The second-order valence-corrected chi connectivity index (χ2v) is 9.76. The lowest BCUT2D eigenvalue weighted by molar-refractivity contribution is -0.137. The van der Waals surface area contributed by atoms with E-state index in [9.17, 15) is 27.9 Å². The Kier molecular flexibility index (Phi) is 7.51. The number of aromatic hydroxyl groups is 1. The molecule has 186 valence electrons. The molecule has 0 atom stereocenters. The molecular weight excluding hydrogens is 513 g/mol. The van der Waals surface area contributed by atoms with E-state index in [2.05, 4.69) is 10.1 Å². The minimum Gasteiger partial charge on any atom is -0.506 e. The van der Waals surface area contributed by atoms with Crippen molar-refractivity contribution in [2.75, 3.05) is 6.54 Å². The number of aliphatic imine (C=N–C) groups is 1. The Balaban J connectivity index is 1.40. The number of ketones is 2. The van der Waals surface area contributed by atoms with Crippen LogP contribution in [0.2, 0.25) is 0 Å². The summed E-state index contributed by atoms with van der Waals surface area (Å²) in [6.07, 6.45) is -2.28. The average molecular weight is 533 g/mol. The lowest BCUT2D eigenvalue weighted by Gasteiger charge is -2.07. The molecule has 0 saturated heterocycles. The van der Waals surface area contributed by atoms with Crippen LogP contribution in [0, 0.1) is 0 Å². The third-order valence-electron chi connectivity index (χ3n) is 5.33. The van der Waals surface area contributed by atoms with Gasteiger partial charge >= 0.3 is 6.18 Å². The van der Waals surface area contributed by atoms with Gasteiger partial charge in [0.05, 0.1) is 26.4 Å². The van der Waals surface area contributed by atoms with Crippen molar-refractivity contribution in [2.24, 2.45) is 4.99 Å². The van der Waals surface area contributed by atoms with E-state index in [4.69, 9.17) is 4.52 Å². The normalized spacial score (nSPS) is 12.2. The number of aromatic nitrogens is 1. The predicted octanol–water partition coefficient (Wildman–Crippen LogP) is 6.70. The van der Waals surface area contributed by atoms with E-state index in [1.807, 2.05) is 0 Å². The van der Waals surface area contributed by atoms with E-state index in [1.165, 1.54) is 29.7 Å². The smallest absolute Gasteiger partial charge is 0.416 e. The highest BCUT2D eigenvalue weighted by Crippen LogP contribution is 2.40. The maximum Gasteiger partial charge on any atom is 0.416 e. The van der Waals surface area contributed by atoms with Crippen LogP contribution in [0.15, 0.2) is 63.6 Å². The molecule has 4 aromatic rings. The van der Waals surface area contributed by atoms with Crippen LogP contribution in [0.25, 0.3) is 10.4 Å². The van der Waals surface area contributed by atoms with Crippen molar-refractivity contribution < 1.29 is 32.4 Å². The van der Waals surface area contributed by atoms with Gasteiger partial charge < -0.3 is 9.63 Å². The number of thiophene rings is 2. The summed E-state index contributed by atoms with van der Waals surface area (Å²) < 4.78 is 43.4. The highest BCUT2D eigenvalue weighted by atomic mass is 32.1. The molecule has 11 heteroatoms. The summed E-state index contributed by atoms with van der Waals surface area (Å²) in [4.78, 5) is 30.5. The van der Waals surface area contributed by atoms with Gasteiger partial charge in [-0.2, -0.15) is 13.2 Å². The fourth-order valence-electron chi connectivity index (χ4n) is 3.35. The number of carbonyl (C=O) groups excluding carboxylic acids is 2. The topological polar surface area (TPSA) is 92.8 Å². The van der Waals surface area contributed by atoms with Crippen LogP contribution < -0.4 is 0 Å². The fourth-order valence-corrected chi connectivity index (χ4v) is 5.26. The van der Waals surface area contributed by atoms with E-state index in [0.29, 0.717) is 43.7 Å². The van der Waals surface area contributed by atoms with Gasteiger partial charge in [-0.15, -0.1) is 22.7 Å². The molecular formula is C25H19F3N2O4S2. The minimum absolute atomic E-state index is 0.103. The maximum absolute atomic E-state index is 12.8. The van der Waals surface area contributed by atoms with E-state index in [-0.39, 0.29) is 30.3 Å². The molecule has 4 rings (SSSR count). The molecule has 0 aliphatic carbocycles. The highest BCUT2D eigenvalue weighted by Gasteiger charge is 2.30. The summed E-state index contributed by atoms with van der Waals surface area (Å²) in [7, 11) is 0. The molecule has 1 aromatic carbocycles. The van der Waals surface area contributed by atoms with Gasteiger partial charge in [-0.25, -0.2) is 0 Å². The number of carbonyl (C=O) groups is 2. The van der Waals surface area contributed by atoms with Crippen molar-refractivity contribution in [1.82, 2.24) is 5.16 Å². The molecule has 0 spiro atoms. The van der Waals surface area contributed by atoms with Gasteiger partial charge in [0.1, 0.15) is 18.1 Å². The Labute approximate surface area is 211 Å². The fraction of sp³-hybridized carbons (Fsp3) is 0.200. The number of aryl methyl sites for hydroxylation is 1. The SMILES string of the molecule is CC(=NCC(=O)c1ccc(C(=O)CCc2ccno2)s1)c1csc(-c2ccc(C(F)(F)F)cc2)c1O. The number of nitrogens with zero attached hydrogens (tertiary/aromatic N) is 2. The van der Waals surface area contributed by atoms with Crippen LogP contribution in [-0.4, -0.2) is 34.1 Å². The second kappa shape index (κ2) is 10.6. The maximum atomic E-state index is 12.8. The predicted molar refractivity (Wildman–Crippen MR) is 131 cm³/mol. The first kappa shape index (κ1) is 25.5. The Hall–Kier alpha value is -3.57. The van der Waals surface area contributed by atoms with E-state index < -0.39 is 11.7 Å². The van der Waals surface area contributed by atoms with Crippen LogP contribution >= 0.6 is 22.7 Å². The van der Waals surface area contributed by atoms with Crippen LogP contribution in [-0.2, 0) is 12.6 Å². The first-order valence-corrected chi connectivity index (χ1v) is 12.4. The number of benzene rings is 1. The minimum atomic E-state index is -4.44. The molecule has 1 N–H and O–H groups in total. The molecule has 0 amide bonds. The zero-order chi connectivity index (χ0) is 25.9. The van der Waals surface area contributed by atoms with E-state index in [1.54, 1.807) is 30.5 Å². The molecule has 0 unspecified atom stereocenters. The second-order valence-electron chi connectivity index (χ2n) is 7.79. The number of alkyl halides is 3. The van der Waals surface area contributed by atoms with Gasteiger partial charge in [0.2, 0.25) is 0 Å². The van der Waals surface area contributed by atoms with E-state index in [0.717, 1.165) is 23.5 Å².